The second kappa shape index (κ2) is 7.39. The highest BCUT2D eigenvalue weighted by Crippen LogP contribution is 2.31. The summed E-state index contributed by atoms with van der Waals surface area (Å²) in [6.45, 7) is 0.206. The van der Waals surface area contributed by atoms with Gasteiger partial charge in [-0.3, -0.25) is 15.1 Å². The molecule has 0 aliphatic rings. The lowest BCUT2D eigenvalue weighted by Crippen LogP contribution is -2.20. The smallest absolute Gasteiger partial charge is 0.512 e. The van der Waals surface area contributed by atoms with Gasteiger partial charge in [0, 0.05) is 30.9 Å². The Morgan fingerprint density at radius 1 is 1.32 bits per heavy atom. The van der Waals surface area contributed by atoms with E-state index in [1.165, 1.54) is 18.2 Å². The molecular formula is C13H13BN2O6. The van der Waals surface area contributed by atoms with E-state index < -0.39 is 12.2 Å². The van der Waals surface area contributed by atoms with Crippen LogP contribution in [0.1, 0.15) is 5.56 Å². The number of aromatic nitrogens is 1. The lowest BCUT2D eigenvalue weighted by molar-refractivity contribution is -0.385. The molecule has 0 fully saturated rings. The Bertz CT molecular complexity index is 638. The number of ether oxygens (including phenoxy) is 1. The Kier molecular flexibility index (Phi) is 5.29. The number of nitro groups is 1. The summed E-state index contributed by atoms with van der Waals surface area (Å²) in [5.74, 6) is 0.0454. The van der Waals surface area contributed by atoms with Gasteiger partial charge < -0.3 is 19.4 Å². The summed E-state index contributed by atoms with van der Waals surface area (Å²) in [5, 5.41) is 28.5. The molecule has 0 spiro atoms. The lowest BCUT2D eigenvalue weighted by atomic mass is 10.2. The molecule has 0 aliphatic heterocycles. The van der Waals surface area contributed by atoms with Gasteiger partial charge in [-0.2, -0.15) is 0 Å². The molecule has 0 saturated heterocycles. The molecule has 0 radical (unpaired) electrons. The minimum absolute atomic E-state index is 0.00737. The van der Waals surface area contributed by atoms with Crippen LogP contribution in [0.4, 0.5) is 5.69 Å². The minimum atomic E-state index is -2.01. The molecule has 8 nitrogen and oxygen atoms in total. The summed E-state index contributed by atoms with van der Waals surface area (Å²) in [5.41, 5.74) is 0.703. The van der Waals surface area contributed by atoms with E-state index in [-0.39, 0.29) is 23.8 Å². The van der Waals surface area contributed by atoms with Crippen LogP contribution in [0.3, 0.4) is 0 Å². The molecule has 0 atom stereocenters. The fourth-order valence-corrected chi connectivity index (χ4v) is 1.78. The van der Waals surface area contributed by atoms with Gasteiger partial charge in [0.15, 0.2) is 0 Å². The van der Waals surface area contributed by atoms with Crippen LogP contribution in [0.2, 0.25) is 0 Å². The molecule has 0 unspecified atom stereocenters. The van der Waals surface area contributed by atoms with Crippen molar-refractivity contribution in [2.75, 3.05) is 6.61 Å². The quantitative estimate of drug-likeness (QED) is 0.444. The highest BCUT2D eigenvalue weighted by molar-refractivity contribution is 6.33. The Labute approximate surface area is 126 Å². The average Bonchev–Trinajstić information content (AvgIpc) is 2.47. The molecule has 22 heavy (non-hydrogen) atoms. The summed E-state index contributed by atoms with van der Waals surface area (Å²) in [6, 6.07) is 7.32. The van der Waals surface area contributed by atoms with Gasteiger partial charge in [-0.25, -0.2) is 0 Å². The second-order valence-corrected chi connectivity index (χ2v) is 4.29. The third-order valence-electron chi connectivity index (χ3n) is 2.74. The van der Waals surface area contributed by atoms with Crippen molar-refractivity contribution >= 4 is 13.0 Å². The van der Waals surface area contributed by atoms with E-state index in [2.05, 4.69) is 9.64 Å². The molecular weight excluding hydrogens is 291 g/mol. The maximum absolute atomic E-state index is 11.0. The maximum atomic E-state index is 11.0. The van der Waals surface area contributed by atoms with E-state index in [1.54, 1.807) is 18.5 Å². The van der Waals surface area contributed by atoms with Crippen molar-refractivity contribution in [3.05, 3.63) is 58.4 Å². The number of benzene rings is 1. The van der Waals surface area contributed by atoms with Crippen molar-refractivity contribution in [3.8, 4) is 11.5 Å². The third-order valence-corrected chi connectivity index (χ3v) is 2.74. The molecule has 0 aliphatic carbocycles. The zero-order valence-electron chi connectivity index (χ0n) is 11.5. The first-order chi connectivity index (χ1) is 10.6. The van der Waals surface area contributed by atoms with Crippen LogP contribution < -0.4 is 9.39 Å². The predicted octanol–water partition coefficient (Wildman–Crippen LogP) is 0.960. The van der Waals surface area contributed by atoms with Gasteiger partial charge in [0.05, 0.1) is 11.5 Å². The van der Waals surface area contributed by atoms with Crippen LogP contribution in [-0.2, 0) is 6.42 Å². The monoisotopic (exact) mass is 304 g/mol. The van der Waals surface area contributed by atoms with Crippen molar-refractivity contribution in [1.29, 1.82) is 0 Å². The minimum Gasteiger partial charge on any atom is -0.512 e. The number of nitro benzene ring substituents is 1. The molecule has 0 amide bonds. The topological polar surface area (TPSA) is 115 Å². The van der Waals surface area contributed by atoms with Crippen LogP contribution >= 0.6 is 0 Å². The molecule has 114 valence electrons. The number of hydrogen-bond acceptors (Lipinski definition) is 7. The molecule has 1 aromatic carbocycles. The van der Waals surface area contributed by atoms with Crippen molar-refractivity contribution in [1.82, 2.24) is 4.98 Å². The standard InChI is InChI=1S/C13H13BN2O6/c17-14(18)22-11-3-4-12(16(19)20)13(8-11)21-7-5-10-2-1-6-15-9-10/h1-4,6,8-9,17-18H,5,7H2. The summed E-state index contributed by atoms with van der Waals surface area (Å²) >= 11 is 0. The number of hydrogen-bond donors (Lipinski definition) is 2. The Morgan fingerprint density at radius 2 is 2.14 bits per heavy atom. The number of rotatable bonds is 7. The SMILES string of the molecule is O=[N+]([O-])c1ccc(OB(O)O)cc1OCCc1cccnc1. The van der Waals surface area contributed by atoms with E-state index in [0.29, 0.717) is 6.42 Å². The van der Waals surface area contributed by atoms with E-state index in [0.717, 1.165) is 5.56 Å². The van der Waals surface area contributed by atoms with Crippen molar-refractivity contribution in [2.24, 2.45) is 0 Å². The highest BCUT2D eigenvalue weighted by atomic mass is 16.6. The molecule has 2 aromatic rings. The fourth-order valence-electron chi connectivity index (χ4n) is 1.78. The maximum Gasteiger partial charge on any atom is 0.707 e. The van der Waals surface area contributed by atoms with Gasteiger partial charge in [0.2, 0.25) is 5.75 Å². The van der Waals surface area contributed by atoms with E-state index in [4.69, 9.17) is 14.8 Å². The fraction of sp³-hybridized carbons (Fsp3) is 0.154. The summed E-state index contributed by atoms with van der Waals surface area (Å²) in [7, 11) is -2.01. The molecule has 0 bridgehead atoms. The van der Waals surface area contributed by atoms with Gasteiger partial charge in [-0.15, -0.1) is 0 Å². The average molecular weight is 304 g/mol. The van der Waals surface area contributed by atoms with Crippen LogP contribution in [-0.4, -0.2) is 33.9 Å². The Hall–Kier alpha value is -2.65. The normalized spacial score (nSPS) is 10.1. The van der Waals surface area contributed by atoms with Gasteiger partial charge in [0.25, 0.3) is 0 Å². The summed E-state index contributed by atoms with van der Waals surface area (Å²) < 4.78 is 10.1. The second-order valence-electron chi connectivity index (χ2n) is 4.29. The van der Waals surface area contributed by atoms with Gasteiger partial charge in [-0.1, -0.05) is 6.07 Å². The first-order valence-corrected chi connectivity index (χ1v) is 6.39. The summed E-state index contributed by atoms with van der Waals surface area (Å²) in [6.07, 6.45) is 3.86. The largest absolute Gasteiger partial charge is 0.707 e. The van der Waals surface area contributed by atoms with Crippen molar-refractivity contribution in [2.45, 2.75) is 6.42 Å². The Morgan fingerprint density at radius 3 is 2.77 bits per heavy atom. The zero-order valence-corrected chi connectivity index (χ0v) is 11.5. The predicted molar refractivity (Wildman–Crippen MR) is 77.4 cm³/mol. The van der Waals surface area contributed by atoms with E-state index in [9.17, 15) is 10.1 Å². The van der Waals surface area contributed by atoms with Crippen LogP contribution in [0.25, 0.3) is 0 Å². The summed E-state index contributed by atoms with van der Waals surface area (Å²) in [4.78, 5) is 14.3. The molecule has 1 heterocycles. The number of nitrogens with zero attached hydrogens (tertiary/aromatic N) is 2. The van der Waals surface area contributed by atoms with Crippen molar-refractivity contribution in [3.63, 3.8) is 0 Å². The highest BCUT2D eigenvalue weighted by Gasteiger charge is 2.19. The van der Waals surface area contributed by atoms with Gasteiger partial charge >= 0.3 is 13.0 Å². The van der Waals surface area contributed by atoms with Crippen LogP contribution in [0.15, 0.2) is 42.7 Å². The van der Waals surface area contributed by atoms with Gasteiger partial charge in [0.1, 0.15) is 5.75 Å². The first kappa shape index (κ1) is 15.7. The molecule has 2 rings (SSSR count). The molecule has 0 saturated carbocycles. The molecule has 1 aromatic heterocycles. The van der Waals surface area contributed by atoms with Crippen molar-refractivity contribution < 1.29 is 24.4 Å². The Balaban J connectivity index is 2.08. The van der Waals surface area contributed by atoms with Crippen LogP contribution in [0.5, 0.6) is 11.5 Å². The van der Waals surface area contributed by atoms with Gasteiger partial charge in [-0.05, 0) is 17.7 Å². The van der Waals surface area contributed by atoms with E-state index >= 15 is 0 Å². The first-order valence-electron chi connectivity index (χ1n) is 6.39. The zero-order chi connectivity index (χ0) is 15.9. The number of pyridine rings is 1. The molecule has 9 heteroatoms. The lowest BCUT2D eigenvalue weighted by Gasteiger charge is -2.09. The van der Waals surface area contributed by atoms with E-state index in [1.807, 2.05) is 6.07 Å². The molecule has 2 N–H and O–H groups in total. The third kappa shape index (κ3) is 4.43. The van der Waals surface area contributed by atoms with Crippen LogP contribution in [0, 0.1) is 10.1 Å².